The van der Waals surface area contributed by atoms with Crippen molar-refractivity contribution in [2.45, 2.75) is 51.4 Å². The third kappa shape index (κ3) is 4.87. The van der Waals surface area contributed by atoms with Crippen LogP contribution in [0.1, 0.15) is 60.2 Å². The summed E-state index contributed by atoms with van der Waals surface area (Å²) in [6.45, 7) is 0.698. The number of carbonyl (C=O) groups excluding carboxylic acids is 2. The van der Waals surface area contributed by atoms with Crippen molar-refractivity contribution >= 4 is 28.2 Å². The maximum atomic E-state index is 13.4. The van der Waals surface area contributed by atoms with Crippen molar-refractivity contribution in [2.24, 2.45) is 17.8 Å². The van der Waals surface area contributed by atoms with Crippen molar-refractivity contribution < 1.29 is 15.4 Å². The first-order chi connectivity index (χ1) is 17.0. The number of nitrogens with zero attached hydrogens (tertiary/aromatic N) is 3. The van der Waals surface area contributed by atoms with E-state index < -0.39 is 0 Å². The Kier molecular flexibility index (Phi) is 5.88. The molecule has 1 atom stereocenters. The van der Waals surface area contributed by atoms with Crippen LogP contribution in [0.4, 0.5) is 9.39 Å². The summed E-state index contributed by atoms with van der Waals surface area (Å²) in [6.07, 6.45) is 9.17. The molecule has 1 aromatic carbocycles. The van der Waals surface area contributed by atoms with Crippen LogP contribution in [0.25, 0.3) is 5.69 Å². The number of nitrogens with one attached hydrogen (secondary N) is 2. The number of aromatic nitrogens is 3. The summed E-state index contributed by atoms with van der Waals surface area (Å²) in [5, 5.41) is 15.3. The van der Waals surface area contributed by atoms with Gasteiger partial charge in [0.1, 0.15) is 23.0 Å². The number of halogens is 1. The van der Waals surface area contributed by atoms with Crippen LogP contribution in [0.5, 0.6) is 0 Å². The molecular formula is C26H30FN5O2S. The zero-order valence-electron chi connectivity index (χ0n) is 19.4. The highest BCUT2D eigenvalue weighted by molar-refractivity contribution is 7.17. The highest BCUT2D eigenvalue weighted by Gasteiger charge is 2.34. The van der Waals surface area contributed by atoms with E-state index in [-0.39, 0.29) is 25.0 Å². The molecule has 0 radical (unpaired) electrons. The summed E-state index contributed by atoms with van der Waals surface area (Å²) in [4.78, 5) is 27.0. The molecule has 0 bridgehead atoms. The largest absolute Gasteiger partial charge is 0.352 e. The first-order valence-electron chi connectivity index (χ1n) is 12.4. The predicted molar refractivity (Wildman–Crippen MR) is 133 cm³/mol. The molecule has 2 heterocycles. The number of anilines is 1. The van der Waals surface area contributed by atoms with E-state index in [1.807, 2.05) is 4.57 Å². The molecule has 2 saturated carbocycles. The van der Waals surface area contributed by atoms with E-state index in [0.717, 1.165) is 49.2 Å². The van der Waals surface area contributed by atoms with Crippen molar-refractivity contribution in [3.8, 4) is 5.69 Å². The van der Waals surface area contributed by atoms with E-state index >= 15 is 0 Å². The van der Waals surface area contributed by atoms with E-state index in [4.69, 9.17) is 0 Å². The van der Waals surface area contributed by atoms with Gasteiger partial charge in [0.2, 0.25) is 5.91 Å². The second-order valence-electron chi connectivity index (χ2n) is 10.0. The Morgan fingerprint density at radius 1 is 1.11 bits per heavy atom. The van der Waals surface area contributed by atoms with Gasteiger partial charge in [0, 0.05) is 30.9 Å². The van der Waals surface area contributed by atoms with Gasteiger partial charge in [-0.15, -0.1) is 21.5 Å². The second-order valence-corrected chi connectivity index (χ2v) is 11.1. The lowest BCUT2D eigenvalue weighted by Gasteiger charge is -2.23. The smallest absolute Gasteiger partial charge is 0.254 e. The van der Waals surface area contributed by atoms with Crippen LogP contribution in [-0.4, -0.2) is 33.1 Å². The van der Waals surface area contributed by atoms with Crippen molar-refractivity contribution in [3.63, 3.8) is 0 Å². The quantitative estimate of drug-likeness (QED) is 0.480. The predicted octanol–water partition coefficient (Wildman–Crippen LogP) is 4.55. The van der Waals surface area contributed by atoms with Crippen LogP contribution in [0.15, 0.2) is 30.6 Å². The Labute approximate surface area is 208 Å². The number of fused-ring (bicyclic) bond motifs is 1. The molecule has 2 amide bonds. The minimum atomic E-state index is -0.280. The van der Waals surface area contributed by atoms with Gasteiger partial charge in [-0.05, 0) is 86.6 Å². The summed E-state index contributed by atoms with van der Waals surface area (Å²) >= 11 is 1.56. The van der Waals surface area contributed by atoms with Crippen LogP contribution in [0.3, 0.4) is 0 Å². The van der Waals surface area contributed by atoms with Crippen LogP contribution < -0.4 is 10.6 Å². The van der Waals surface area contributed by atoms with E-state index in [1.54, 1.807) is 29.8 Å². The number of benzene rings is 1. The average Bonchev–Trinajstić information content (AvgIpc) is 3.78. The van der Waals surface area contributed by atoms with Crippen LogP contribution in [0.2, 0.25) is 0 Å². The normalized spacial score (nSPS) is 19.3. The SMILES string of the molecule is O=C(NCC1CC1)c1c(NC(=O)C2CC2)sc2c1CC(Cc1nncn1-c1ccc(F)cc1)CC2.[HH]. The number of carbonyl (C=O) groups is 2. The molecule has 6 rings (SSSR count). The Morgan fingerprint density at radius 3 is 2.66 bits per heavy atom. The lowest BCUT2D eigenvalue weighted by molar-refractivity contribution is -0.117. The molecule has 3 aliphatic carbocycles. The number of rotatable bonds is 8. The second kappa shape index (κ2) is 9.18. The average molecular weight is 496 g/mol. The highest BCUT2D eigenvalue weighted by Crippen LogP contribution is 2.42. The molecular weight excluding hydrogens is 465 g/mol. The third-order valence-electron chi connectivity index (χ3n) is 7.22. The van der Waals surface area contributed by atoms with Gasteiger partial charge in [0.25, 0.3) is 5.91 Å². The van der Waals surface area contributed by atoms with Gasteiger partial charge in [-0.3, -0.25) is 14.2 Å². The van der Waals surface area contributed by atoms with Gasteiger partial charge < -0.3 is 10.6 Å². The van der Waals surface area contributed by atoms with E-state index in [2.05, 4.69) is 20.8 Å². The summed E-state index contributed by atoms with van der Waals surface area (Å²) in [7, 11) is 0. The zero-order valence-corrected chi connectivity index (χ0v) is 20.2. The van der Waals surface area contributed by atoms with E-state index in [0.29, 0.717) is 35.4 Å². The molecule has 0 aliphatic heterocycles. The topological polar surface area (TPSA) is 88.9 Å². The molecule has 9 heteroatoms. The van der Waals surface area contributed by atoms with E-state index in [9.17, 15) is 14.0 Å². The summed E-state index contributed by atoms with van der Waals surface area (Å²) in [6, 6.07) is 6.30. The van der Waals surface area contributed by atoms with Gasteiger partial charge in [0.05, 0.1) is 5.56 Å². The van der Waals surface area contributed by atoms with Gasteiger partial charge in [-0.25, -0.2) is 4.39 Å². The van der Waals surface area contributed by atoms with E-state index in [1.165, 1.54) is 29.9 Å². The summed E-state index contributed by atoms with van der Waals surface area (Å²) in [5.41, 5.74) is 2.55. The Balaban J connectivity index is 0.00000267. The third-order valence-corrected chi connectivity index (χ3v) is 8.42. The fraction of sp³-hybridized carbons (Fsp3) is 0.462. The molecule has 2 fully saturated rings. The lowest BCUT2D eigenvalue weighted by atomic mass is 9.84. The van der Waals surface area contributed by atoms with Gasteiger partial charge in [0.15, 0.2) is 0 Å². The first kappa shape index (κ1) is 22.4. The number of amides is 2. The summed E-state index contributed by atoms with van der Waals surface area (Å²) < 4.78 is 15.3. The Hall–Kier alpha value is -3.07. The maximum Gasteiger partial charge on any atom is 0.254 e. The minimum Gasteiger partial charge on any atom is -0.352 e. The Morgan fingerprint density at radius 2 is 1.91 bits per heavy atom. The van der Waals surface area contributed by atoms with Gasteiger partial charge in [-0.1, -0.05) is 0 Å². The molecule has 2 aromatic heterocycles. The fourth-order valence-corrected chi connectivity index (χ4v) is 6.08. The number of hydrogen-bond donors (Lipinski definition) is 2. The first-order valence-corrected chi connectivity index (χ1v) is 13.2. The van der Waals surface area contributed by atoms with Crippen LogP contribution in [-0.2, 0) is 24.1 Å². The molecule has 0 spiro atoms. The number of thiophene rings is 1. The molecule has 7 nitrogen and oxygen atoms in total. The molecule has 2 N–H and O–H groups in total. The van der Waals surface area contributed by atoms with Crippen LogP contribution >= 0.6 is 11.3 Å². The minimum absolute atomic E-state index is 0. The van der Waals surface area contributed by atoms with Gasteiger partial charge >= 0.3 is 0 Å². The lowest BCUT2D eigenvalue weighted by Crippen LogP contribution is -2.28. The summed E-state index contributed by atoms with van der Waals surface area (Å²) in [5.74, 6) is 1.47. The van der Waals surface area contributed by atoms with Crippen molar-refractivity contribution in [1.29, 1.82) is 0 Å². The fourth-order valence-electron chi connectivity index (χ4n) is 4.84. The molecule has 1 unspecified atom stereocenters. The standard InChI is InChI=1S/C26H28FN5O2S.H2/c27-18-6-8-19(9-7-18)32-14-29-31-22(32)12-16-3-10-21-20(11-16)23(25(34)28-13-15-1-2-15)26(35-21)30-24(33)17-4-5-17;/h6-9,14-17H,1-5,10-13H2,(H,28,34)(H,30,33);1H. The molecule has 0 saturated heterocycles. The number of aryl methyl sites for hydroxylation is 1. The van der Waals surface area contributed by atoms with Gasteiger partial charge in [-0.2, -0.15) is 0 Å². The van der Waals surface area contributed by atoms with Crippen LogP contribution in [0, 0.1) is 23.6 Å². The zero-order chi connectivity index (χ0) is 23.9. The monoisotopic (exact) mass is 495 g/mol. The molecule has 35 heavy (non-hydrogen) atoms. The highest BCUT2D eigenvalue weighted by atomic mass is 32.1. The molecule has 184 valence electrons. The van der Waals surface area contributed by atoms with Crippen molar-refractivity contribution in [3.05, 3.63) is 58.2 Å². The number of hydrogen-bond acceptors (Lipinski definition) is 5. The molecule has 3 aromatic rings. The van der Waals surface area contributed by atoms with Crippen molar-refractivity contribution in [2.75, 3.05) is 11.9 Å². The Bertz CT molecular complexity index is 1270. The molecule has 3 aliphatic rings. The van der Waals surface area contributed by atoms with Crippen molar-refractivity contribution in [1.82, 2.24) is 20.1 Å². The maximum absolute atomic E-state index is 13.4.